The summed E-state index contributed by atoms with van der Waals surface area (Å²) in [5, 5.41) is 0. The van der Waals surface area contributed by atoms with Crippen molar-refractivity contribution >= 4 is 0 Å². The molecule has 0 aliphatic carbocycles. The van der Waals surface area contributed by atoms with Gasteiger partial charge in [-0.2, -0.15) is 13.2 Å². The number of hydrogen-bond acceptors (Lipinski definition) is 2. The van der Waals surface area contributed by atoms with Crippen LogP contribution in [-0.4, -0.2) is 13.5 Å². The second-order valence-corrected chi connectivity index (χ2v) is 3.32. The minimum atomic E-state index is -4.68. The smallest absolute Gasteiger partial charge is 0.419 e. The second kappa shape index (κ2) is 4.87. The topological polar surface area (TPSA) is 35.2 Å². The minimum Gasteiger partial charge on any atom is -0.496 e. The third-order valence-corrected chi connectivity index (χ3v) is 2.19. The predicted octanol–water partition coefficient (Wildman–Crippen LogP) is 2.98. The summed E-state index contributed by atoms with van der Waals surface area (Å²) in [6.45, 7) is 0. The van der Waals surface area contributed by atoms with E-state index in [1.165, 1.54) is 0 Å². The summed E-state index contributed by atoms with van der Waals surface area (Å²) in [5.74, 6) is -0.428. The molecule has 1 unspecified atom stereocenters. The molecule has 2 N–H and O–H groups in total. The van der Waals surface area contributed by atoms with Crippen LogP contribution in [0.3, 0.4) is 0 Å². The van der Waals surface area contributed by atoms with Crippen LogP contribution in [-0.2, 0) is 6.18 Å². The third-order valence-electron chi connectivity index (χ3n) is 2.19. The van der Waals surface area contributed by atoms with E-state index in [1.54, 1.807) is 0 Å². The summed E-state index contributed by atoms with van der Waals surface area (Å²) in [5.41, 5.74) is 3.68. The van der Waals surface area contributed by atoms with Gasteiger partial charge < -0.3 is 10.5 Å². The molecule has 0 aromatic heterocycles. The van der Waals surface area contributed by atoms with E-state index >= 15 is 0 Å². The van der Waals surface area contributed by atoms with Gasteiger partial charge in [0.2, 0.25) is 0 Å². The summed E-state index contributed by atoms with van der Waals surface area (Å²) in [6, 6.07) is 0.892. The molecule has 0 bridgehead atoms. The molecular formula is C10H10F5NO. The number of benzene rings is 1. The molecule has 7 heteroatoms. The average molecular weight is 255 g/mol. The Balaban J connectivity index is 3.23. The number of hydrogen-bond donors (Lipinski definition) is 1. The fourth-order valence-corrected chi connectivity index (χ4v) is 1.30. The Morgan fingerprint density at radius 2 is 1.82 bits per heavy atom. The van der Waals surface area contributed by atoms with Crippen molar-refractivity contribution in [3.63, 3.8) is 0 Å². The molecule has 0 aliphatic rings. The van der Waals surface area contributed by atoms with E-state index in [-0.39, 0.29) is 5.56 Å². The fourth-order valence-electron chi connectivity index (χ4n) is 1.30. The molecule has 1 rings (SSSR count). The SMILES string of the molecule is COc1ccc(C(N)C(F)F)cc1C(F)(F)F. The highest BCUT2D eigenvalue weighted by molar-refractivity contribution is 5.40. The fraction of sp³-hybridized carbons (Fsp3) is 0.400. The molecule has 0 saturated carbocycles. The van der Waals surface area contributed by atoms with Crippen molar-refractivity contribution in [3.05, 3.63) is 29.3 Å². The summed E-state index contributed by atoms with van der Waals surface area (Å²) >= 11 is 0. The summed E-state index contributed by atoms with van der Waals surface area (Å²) in [7, 11) is 1.07. The number of ether oxygens (including phenoxy) is 1. The van der Waals surface area contributed by atoms with Crippen molar-refractivity contribution in [1.82, 2.24) is 0 Å². The number of methoxy groups -OCH3 is 1. The first-order valence-corrected chi connectivity index (χ1v) is 4.56. The van der Waals surface area contributed by atoms with Gasteiger partial charge in [-0.05, 0) is 17.7 Å². The molecule has 0 aliphatic heterocycles. The summed E-state index contributed by atoms with van der Waals surface area (Å²) in [4.78, 5) is 0. The number of nitrogens with two attached hydrogens (primary N) is 1. The normalized spacial score (nSPS) is 13.9. The zero-order valence-electron chi connectivity index (χ0n) is 8.76. The van der Waals surface area contributed by atoms with Crippen molar-refractivity contribution in [2.24, 2.45) is 5.73 Å². The Kier molecular flexibility index (Phi) is 3.92. The zero-order valence-corrected chi connectivity index (χ0v) is 8.76. The van der Waals surface area contributed by atoms with Crippen molar-refractivity contribution in [2.75, 3.05) is 7.11 Å². The van der Waals surface area contributed by atoms with Crippen LogP contribution in [0.2, 0.25) is 0 Å². The quantitative estimate of drug-likeness (QED) is 0.843. The van der Waals surface area contributed by atoms with E-state index < -0.39 is 30.0 Å². The van der Waals surface area contributed by atoms with Crippen LogP contribution >= 0.6 is 0 Å². The molecule has 17 heavy (non-hydrogen) atoms. The Morgan fingerprint density at radius 3 is 2.24 bits per heavy atom. The maximum absolute atomic E-state index is 12.6. The second-order valence-electron chi connectivity index (χ2n) is 3.32. The molecular weight excluding hydrogens is 245 g/mol. The van der Waals surface area contributed by atoms with Crippen LogP contribution in [0.1, 0.15) is 17.2 Å². The van der Waals surface area contributed by atoms with Crippen molar-refractivity contribution in [2.45, 2.75) is 18.6 Å². The lowest BCUT2D eigenvalue weighted by Crippen LogP contribution is -2.20. The maximum atomic E-state index is 12.6. The predicted molar refractivity (Wildman–Crippen MR) is 50.9 cm³/mol. The van der Waals surface area contributed by atoms with E-state index in [2.05, 4.69) is 4.74 Å². The highest BCUT2D eigenvalue weighted by atomic mass is 19.4. The standard InChI is InChI=1S/C10H10F5NO/c1-17-7-3-2-5(8(16)9(11)12)4-6(7)10(13,14)15/h2-4,8-9H,16H2,1H3. The Labute approximate surface area is 94.2 Å². The lowest BCUT2D eigenvalue weighted by molar-refractivity contribution is -0.138. The molecule has 0 amide bonds. The lowest BCUT2D eigenvalue weighted by Gasteiger charge is -2.16. The highest BCUT2D eigenvalue weighted by Crippen LogP contribution is 2.37. The summed E-state index contributed by atoms with van der Waals surface area (Å²) in [6.07, 6.45) is -7.60. The molecule has 0 saturated heterocycles. The van der Waals surface area contributed by atoms with Gasteiger partial charge in [0.05, 0.1) is 18.7 Å². The minimum absolute atomic E-state index is 0.284. The van der Waals surface area contributed by atoms with E-state index in [9.17, 15) is 22.0 Å². The molecule has 1 aromatic rings. The van der Waals surface area contributed by atoms with Gasteiger partial charge >= 0.3 is 6.18 Å². The molecule has 0 fully saturated rings. The van der Waals surface area contributed by atoms with Crippen LogP contribution in [0.25, 0.3) is 0 Å². The molecule has 0 radical (unpaired) electrons. The van der Waals surface area contributed by atoms with Gasteiger partial charge in [-0.3, -0.25) is 0 Å². The van der Waals surface area contributed by atoms with Crippen LogP contribution in [0.15, 0.2) is 18.2 Å². The summed E-state index contributed by atoms with van der Waals surface area (Å²) < 4.78 is 66.8. The van der Waals surface area contributed by atoms with Crippen molar-refractivity contribution < 1.29 is 26.7 Å². The number of halogens is 5. The monoisotopic (exact) mass is 255 g/mol. The molecule has 1 aromatic carbocycles. The van der Waals surface area contributed by atoms with E-state index in [1.807, 2.05) is 0 Å². The van der Waals surface area contributed by atoms with Gasteiger partial charge in [0.15, 0.2) is 0 Å². The molecule has 2 nitrogen and oxygen atoms in total. The van der Waals surface area contributed by atoms with Gasteiger partial charge in [-0.1, -0.05) is 6.07 Å². The van der Waals surface area contributed by atoms with Crippen molar-refractivity contribution in [3.8, 4) is 5.75 Å². The molecule has 0 heterocycles. The van der Waals surface area contributed by atoms with Crippen LogP contribution in [0.5, 0.6) is 5.75 Å². The molecule has 1 atom stereocenters. The zero-order chi connectivity index (χ0) is 13.2. The van der Waals surface area contributed by atoms with E-state index in [4.69, 9.17) is 5.73 Å². The first kappa shape index (κ1) is 13.7. The van der Waals surface area contributed by atoms with Gasteiger partial charge in [0.1, 0.15) is 5.75 Å². The van der Waals surface area contributed by atoms with Gasteiger partial charge in [-0.15, -0.1) is 0 Å². The Hall–Kier alpha value is -1.37. The van der Waals surface area contributed by atoms with Crippen LogP contribution in [0, 0.1) is 0 Å². The van der Waals surface area contributed by atoms with Gasteiger partial charge in [0.25, 0.3) is 6.43 Å². The van der Waals surface area contributed by atoms with Gasteiger partial charge in [-0.25, -0.2) is 8.78 Å². The third kappa shape index (κ3) is 3.06. The van der Waals surface area contributed by atoms with Crippen LogP contribution < -0.4 is 10.5 Å². The maximum Gasteiger partial charge on any atom is 0.419 e. The molecule has 0 spiro atoms. The first-order chi connectivity index (χ1) is 7.77. The Morgan fingerprint density at radius 1 is 1.24 bits per heavy atom. The largest absolute Gasteiger partial charge is 0.496 e. The average Bonchev–Trinajstić information content (AvgIpc) is 2.25. The first-order valence-electron chi connectivity index (χ1n) is 4.56. The lowest BCUT2D eigenvalue weighted by atomic mass is 10.0. The highest BCUT2D eigenvalue weighted by Gasteiger charge is 2.35. The van der Waals surface area contributed by atoms with E-state index in [0.29, 0.717) is 6.07 Å². The molecule has 96 valence electrons. The number of rotatable bonds is 3. The van der Waals surface area contributed by atoms with Crippen molar-refractivity contribution in [1.29, 1.82) is 0 Å². The van der Waals surface area contributed by atoms with Gasteiger partial charge in [0, 0.05) is 0 Å². The Bertz CT molecular complexity index is 391. The van der Waals surface area contributed by atoms with Crippen LogP contribution in [0.4, 0.5) is 22.0 Å². The van der Waals surface area contributed by atoms with E-state index in [0.717, 1.165) is 19.2 Å². The number of alkyl halides is 5.